The average molecular weight is 304 g/mol. The zero-order chi connectivity index (χ0) is 14.9. The molecule has 5 nitrogen and oxygen atoms in total. The van der Waals surface area contributed by atoms with Crippen molar-refractivity contribution in [2.45, 2.75) is 6.54 Å². The maximum atomic E-state index is 13.3. The number of sulfonamides is 1. The first-order valence-electron chi connectivity index (χ1n) is 5.94. The van der Waals surface area contributed by atoms with Crippen molar-refractivity contribution in [2.75, 3.05) is 19.3 Å². The van der Waals surface area contributed by atoms with Crippen molar-refractivity contribution in [3.63, 3.8) is 0 Å². The van der Waals surface area contributed by atoms with E-state index in [9.17, 15) is 22.0 Å². The van der Waals surface area contributed by atoms with Crippen molar-refractivity contribution in [1.82, 2.24) is 9.62 Å². The topological polar surface area (TPSA) is 66.5 Å². The van der Waals surface area contributed by atoms with E-state index in [1.165, 1.54) is 10.4 Å². The van der Waals surface area contributed by atoms with Crippen LogP contribution < -0.4 is 5.32 Å². The maximum absolute atomic E-state index is 13.3. The SMILES string of the molecule is CS(=O)(=O)N1CC(C(=O)NCc2c(F)cccc2F)C1. The van der Waals surface area contributed by atoms with Gasteiger partial charge in [0.25, 0.3) is 0 Å². The van der Waals surface area contributed by atoms with Crippen molar-refractivity contribution < 1.29 is 22.0 Å². The van der Waals surface area contributed by atoms with E-state index in [4.69, 9.17) is 0 Å². The van der Waals surface area contributed by atoms with Crippen LogP contribution in [-0.2, 0) is 21.4 Å². The predicted octanol–water partition coefficient (Wildman–Crippen LogP) is 0.472. The highest BCUT2D eigenvalue weighted by molar-refractivity contribution is 7.88. The Kier molecular flexibility index (Phi) is 4.05. The van der Waals surface area contributed by atoms with E-state index in [0.29, 0.717) is 0 Å². The Bertz CT molecular complexity index is 607. The van der Waals surface area contributed by atoms with Gasteiger partial charge in [0, 0.05) is 25.2 Å². The van der Waals surface area contributed by atoms with E-state index in [0.717, 1.165) is 18.4 Å². The van der Waals surface area contributed by atoms with E-state index >= 15 is 0 Å². The number of hydrogen-bond donors (Lipinski definition) is 1. The number of nitrogens with zero attached hydrogens (tertiary/aromatic N) is 1. The van der Waals surface area contributed by atoms with Gasteiger partial charge in [0.15, 0.2) is 0 Å². The molecular weight excluding hydrogens is 290 g/mol. The summed E-state index contributed by atoms with van der Waals surface area (Å²) in [5, 5.41) is 2.41. The van der Waals surface area contributed by atoms with Gasteiger partial charge in [0.05, 0.1) is 12.2 Å². The molecular formula is C12H14F2N2O3S. The molecule has 0 aliphatic carbocycles. The van der Waals surface area contributed by atoms with Gasteiger partial charge in [0.2, 0.25) is 15.9 Å². The molecule has 1 aromatic rings. The Balaban J connectivity index is 1.89. The summed E-state index contributed by atoms with van der Waals surface area (Å²) in [7, 11) is -3.28. The summed E-state index contributed by atoms with van der Waals surface area (Å²) < 4.78 is 50.1. The van der Waals surface area contributed by atoms with Crippen LogP contribution in [0.4, 0.5) is 8.78 Å². The molecule has 8 heteroatoms. The molecule has 1 amide bonds. The molecule has 1 N–H and O–H groups in total. The summed E-state index contributed by atoms with van der Waals surface area (Å²) in [5.74, 6) is -2.33. The minimum atomic E-state index is -3.28. The van der Waals surface area contributed by atoms with Gasteiger partial charge in [-0.05, 0) is 12.1 Å². The molecule has 2 rings (SSSR count). The molecule has 0 aromatic heterocycles. The van der Waals surface area contributed by atoms with Gasteiger partial charge < -0.3 is 5.32 Å². The van der Waals surface area contributed by atoms with Gasteiger partial charge in [-0.1, -0.05) is 6.07 Å². The lowest BCUT2D eigenvalue weighted by atomic mass is 10.0. The van der Waals surface area contributed by atoms with Crippen molar-refractivity contribution in [3.05, 3.63) is 35.4 Å². The largest absolute Gasteiger partial charge is 0.351 e. The molecule has 1 saturated heterocycles. The number of benzene rings is 1. The quantitative estimate of drug-likeness (QED) is 0.879. The number of carbonyl (C=O) groups is 1. The Hall–Kier alpha value is -1.54. The molecule has 1 aliphatic rings. The van der Waals surface area contributed by atoms with E-state index in [1.807, 2.05) is 0 Å². The highest BCUT2D eigenvalue weighted by Gasteiger charge is 2.37. The molecule has 0 unspecified atom stereocenters. The van der Waals surface area contributed by atoms with Gasteiger partial charge in [-0.2, -0.15) is 0 Å². The molecule has 1 aromatic carbocycles. The smallest absolute Gasteiger partial charge is 0.226 e. The Morgan fingerprint density at radius 2 is 1.90 bits per heavy atom. The summed E-state index contributed by atoms with van der Waals surface area (Å²) >= 11 is 0. The fourth-order valence-electron chi connectivity index (χ4n) is 1.90. The maximum Gasteiger partial charge on any atom is 0.226 e. The third-order valence-electron chi connectivity index (χ3n) is 3.19. The van der Waals surface area contributed by atoms with Crippen molar-refractivity contribution in [2.24, 2.45) is 5.92 Å². The van der Waals surface area contributed by atoms with Crippen LogP contribution in [0.2, 0.25) is 0 Å². The van der Waals surface area contributed by atoms with Gasteiger partial charge >= 0.3 is 0 Å². The third-order valence-corrected chi connectivity index (χ3v) is 4.43. The van der Waals surface area contributed by atoms with Crippen molar-refractivity contribution >= 4 is 15.9 Å². The molecule has 0 spiro atoms. The summed E-state index contributed by atoms with van der Waals surface area (Å²) in [5.41, 5.74) is -0.208. The fourth-order valence-corrected chi connectivity index (χ4v) is 2.80. The van der Waals surface area contributed by atoms with Gasteiger partial charge in [-0.25, -0.2) is 21.5 Å². The van der Waals surface area contributed by atoms with Crippen LogP contribution in [0, 0.1) is 17.6 Å². The van der Waals surface area contributed by atoms with E-state index in [2.05, 4.69) is 5.32 Å². The first-order valence-corrected chi connectivity index (χ1v) is 7.79. The molecule has 1 heterocycles. The zero-order valence-corrected chi connectivity index (χ0v) is 11.6. The molecule has 0 atom stereocenters. The van der Waals surface area contributed by atoms with Crippen LogP contribution in [-0.4, -0.2) is 38.0 Å². The summed E-state index contributed by atoms with van der Waals surface area (Å²) in [6.07, 6.45) is 1.07. The van der Waals surface area contributed by atoms with Crippen LogP contribution in [0.1, 0.15) is 5.56 Å². The normalized spacial score (nSPS) is 16.8. The van der Waals surface area contributed by atoms with E-state index in [-0.39, 0.29) is 25.2 Å². The van der Waals surface area contributed by atoms with Crippen LogP contribution in [0.3, 0.4) is 0 Å². The van der Waals surface area contributed by atoms with E-state index < -0.39 is 33.5 Å². The monoisotopic (exact) mass is 304 g/mol. The van der Waals surface area contributed by atoms with Crippen LogP contribution in [0.15, 0.2) is 18.2 Å². The number of carbonyl (C=O) groups excluding carboxylic acids is 1. The number of nitrogens with one attached hydrogen (secondary N) is 1. The number of halogens is 2. The molecule has 1 aliphatic heterocycles. The average Bonchev–Trinajstić information content (AvgIpc) is 2.24. The van der Waals surface area contributed by atoms with Crippen LogP contribution in [0.5, 0.6) is 0 Å². The van der Waals surface area contributed by atoms with Gasteiger partial charge in [-0.3, -0.25) is 4.79 Å². The van der Waals surface area contributed by atoms with Crippen molar-refractivity contribution in [3.8, 4) is 0 Å². The second-order valence-electron chi connectivity index (χ2n) is 4.69. The standard InChI is InChI=1S/C12H14F2N2O3S/c1-20(18,19)16-6-8(7-16)12(17)15-5-9-10(13)3-2-4-11(9)14/h2-4,8H,5-7H2,1H3,(H,15,17). The number of hydrogen-bond acceptors (Lipinski definition) is 3. The Morgan fingerprint density at radius 3 is 2.40 bits per heavy atom. The second kappa shape index (κ2) is 5.45. The first-order chi connectivity index (χ1) is 9.29. The lowest BCUT2D eigenvalue weighted by Gasteiger charge is -2.35. The summed E-state index contributed by atoms with van der Waals surface area (Å²) in [6.45, 7) is -0.0540. The summed E-state index contributed by atoms with van der Waals surface area (Å²) in [6, 6.07) is 3.46. The van der Waals surface area contributed by atoms with E-state index in [1.54, 1.807) is 0 Å². The molecule has 0 radical (unpaired) electrons. The molecule has 110 valence electrons. The molecule has 1 fully saturated rings. The zero-order valence-electron chi connectivity index (χ0n) is 10.8. The van der Waals surface area contributed by atoms with Crippen LogP contribution >= 0.6 is 0 Å². The number of amides is 1. The molecule has 0 saturated carbocycles. The molecule has 0 bridgehead atoms. The third kappa shape index (κ3) is 3.13. The van der Waals surface area contributed by atoms with Crippen molar-refractivity contribution in [1.29, 1.82) is 0 Å². The highest BCUT2D eigenvalue weighted by atomic mass is 32.2. The highest BCUT2D eigenvalue weighted by Crippen LogP contribution is 2.19. The first kappa shape index (κ1) is 14.9. The van der Waals surface area contributed by atoms with Gasteiger partial charge in [-0.15, -0.1) is 0 Å². The van der Waals surface area contributed by atoms with Gasteiger partial charge in [0.1, 0.15) is 11.6 Å². The summed E-state index contributed by atoms with van der Waals surface area (Å²) in [4.78, 5) is 11.7. The predicted molar refractivity (Wildman–Crippen MR) is 68.1 cm³/mol. The minimum absolute atomic E-state index is 0.102. The fraction of sp³-hybridized carbons (Fsp3) is 0.417. The lowest BCUT2D eigenvalue weighted by molar-refractivity contribution is -0.128. The van der Waals surface area contributed by atoms with Crippen LogP contribution in [0.25, 0.3) is 0 Å². The number of rotatable bonds is 4. The Morgan fingerprint density at radius 1 is 1.35 bits per heavy atom. The minimum Gasteiger partial charge on any atom is -0.351 e. The second-order valence-corrected chi connectivity index (χ2v) is 6.68. The Labute approximate surface area is 115 Å². The molecule has 20 heavy (non-hydrogen) atoms. The lowest BCUT2D eigenvalue weighted by Crippen LogP contribution is -2.55.